The summed E-state index contributed by atoms with van der Waals surface area (Å²) in [6, 6.07) is 9.18. The third-order valence-electron chi connectivity index (χ3n) is 3.87. The molecule has 1 aromatic rings. The molecule has 1 aliphatic rings. The van der Waals surface area contributed by atoms with E-state index in [1.165, 1.54) is 43.2 Å². The summed E-state index contributed by atoms with van der Waals surface area (Å²) in [5, 5.41) is 3.38. The summed E-state index contributed by atoms with van der Waals surface area (Å²) in [4.78, 5) is 0. The normalized spacial score (nSPS) is 16.9. The van der Waals surface area contributed by atoms with Crippen LogP contribution in [0.3, 0.4) is 0 Å². The van der Waals surface area contributed by atoms with Crippen LogP contribution in [0, 0.1) is 0 Å². The molecule has 0 aliphatic heterocycles. The maximum Gasteiger partial charge on any atom is 0.0587 e. The van der Waals surface area contributed by atoms with Gasteiger partial charge in [0.1, 0.15) is 0 Å². The molecule has 0 bridgehead atoms. The summed E-state index contributed by atoms with van der Waals surface area (Å²) in [6.07, 6.45) is 7.00. The monoisotopic (exact) mass is 247 g/mol. The number of methoxy groups -OCH3 is 1. The van der Waals surface area contributed by atoms with E-state index in [0.29, 0.717) is 0 Å². The fourth-order valence-electron chi connectivity index (χ4n) is 2.75. The van der Waals surface area contributed by atoms with Gasteiger partial charge in [0.2, 0.25) is 0 Å². The molecule has 2 heteroatoms. The highest BCUT2D eigenvalue weighted by molar-refractivity contribution is 5.25. The Hall–Kier alpha value is -0.860. The Balaban J connectivity index is 1.81. The van der Waals surface area contributed by atoms with Crippen molar-refractivity contribution in [3.05, 3.63) is 35.4 Å². The number of nitrogens with one attached hydrogen (secondary N) is 1. The third-order valence-corrected chi connectivity index (χ3v) is 3.87. The van der Waals surface area contributed by atoms with Gasteiger partial charge in [0.25, 0.3) is 0 Å². The van der Waals surface area contributed by atoms with Crippen molar-refractivity contribution in [3.63, 3.8) is 0 Å². The van der Waals surface area contributed by atoms with Gasteiger partial charge in [-0.2, -0.15) is 0 Å². The van der Waals surface area contributed by atoms with Crippen LogP contribution in [0.15, 0.2) is 24.3 Å². The molecule has 0 spiro atoms. The molecule has 1 aliphatic carbocycles. The second-order valence-electron chi connectivity index (χ2n) is 5.25. The van der Waals surface area contributed by atoms with Crippen molar-refractivity contribution in [3.8, 4) is 0 Å². The minimum atomic E-state index is 0.778. The fourth-order valence-corrected chi connectivity index (χ4v) is 2.75. The molecule has 1 saturated carbocycles. The molecule has 0 radical (unpaired) electrons. The Labute approximate surface area is 111 Å². The molecule has 2 rings (SSSR count). The first-order valence-corrected chi connectivity index (χ1v) is 7.18. The zero-order valence-electron chi connectivity index (χ0n) is 11.5. The SMILES string of the molecule is COCCNCc1ccc(C2CCCCC2)cc1. The second kappa shape index (κ2) is 7.55. The highest BCUT2D eigenvalue weighted by Crippen LogP contribution is 2.32. The van der Waals surface area contributed by atoms with Crippen LogP contribution in [0.5, 0.6) is 0 Å². The van der Waals surface area contributed by atoms with Gasteiger partial charge in [-0.05, 0) is 29.9 Å². The molecular formula is C16H25NO. The molecule has 1 aromatic carbocycles. The lowest BCUT2D eigenvalue weighted by Crippen LogP contribution is -2.18. The van der Waals surface area contributed by atoms with Crippen molar-refractivity contribution >= 4 is 0 Å². The smallest absolute Gasteiger partial charge is 0.0587 e. The van der Waals surface area contributed by atoms with Crippen LogP contribution in [-0.2, 0) is 11.3 Å². The Kier molecular flexibility index (Phi) is 5.69. The molecule has 0 heterocycles. The Morgan fingerprint density at radius 1 is 1.11 bits per heavy atom. The lowest BCUT2D eigenvalue weighted by atomic mass is 9.84. The number of ether oxygens (including phenoxy) is 1. The van der Waals surface area contributed by atoms with E-state index < -0.39 is 0 Å². The molecule has 18 heavy (non-hydrogen) atoms. The Morgan fingerprint density at radius 3 is 2.50 bits per heavy atom. The number of rotatable bonds is 6. The molecule has 1 N–H and O–H groups in total. The van der Waals surface area contributed by atoms with Crippen molar-refractivity contribution < 1.29 is 4.74 Å². The van der Waals surface area contributed by atoms with Crippen molar-refractivity contribution in [2.75, 3.05) is 20.3 Å². The lowest BCUT2D eigenvalue weighted by Gasteiger charge is -2.22. The Bertz CT molecular complexity index is 327. The van der Waals surface area contributed by atoms with Gasteiger partial charge in [-0.15, -0.1) is 0 Å². The summed E-state index contributed by atoms with van der Waals surface area (Å²) >= 11 is 0. The van der Waals surface area contributed by atoms with E-state index in [9.17, 15) is 0 Å². The zero-order valence-corrected chi connectivity index (χ0v) is 11.5. The molecule has 0 aromatic heterocycles. The maximum absolute atomic E-state index is 5.02. The second-order valence-corrected chi connectivity index (χ2v) is 5.25. The van der Waals surface area contributed by atoms with E-state index in [1.807, 2.05) is 0 Å². The molecule has 1 fully saturated rings. The van der Waals surface area contributed by atoms with Crippen LogP contribution >= 0.6 is 0 Å². The highest BCUT2D eigenvalue weighted by atomic mass is 16.5. The highest BCUT2D eigenvalue weighted by Gasteiger charge is 2.14. The van der Waals surface area contributed by atoms with Crippen LogP contribution in [0.4, 0.5) is 0 Å². The lowest BCUT2D eigenvalue weighted by molar-refractivity contribution is 0.199. The molecule has 0 saturated heterocycles. The molecule has 0 amide bonds. The summed E-state index contributed by atoms with van der Waals surface area (Å²) in [7, 11) is 1.74. The van der Waals surface area contributed by atoms with Crippen LogP contribution in [0.1, 0.15) is 49.1 Å². The predicted octanol–water partition coefficient (Wildman–Crippen LogP) is 3.47. The van der Waals surface area contributed by atoms with Crippen molar-refractivity contribution in [2.24, 2.45) is 0 Å². The van der Waals surface area contributed by atoms with Crippen molar-refractivity contribution in [2.45, 2.75) is 44.6 Å². The van der Waals surface area contributed by atoms with E-state index in [2.05, 4.69) is 29.6 Å². The van der Waals surface area contributed by atoms with E-state index >= 15 is 0 Å². The van der Waals surface area contributed by atoms with E-state index in [0.717, 1.165) is 25.6 Å². The van der Waals surface area contributed by atoms with Crippen LogP contribution < -0.4 is 5.32 Å². The molecule has 0 unspecified atom stereocenters. The zero-order chi connectivity index (χ0) is 12.6. The fraction of sp³-hybridized carbons (Fsp3) is 0.625. The molecule has 100 valence electrons. The molecular weight excluding hydrogens is 222 g/mol. The standard InChI is InChI=1S/C16H25NO/c1-18-12-11-17-13-14-7-9-16(10-8-14)15-5-3-2-4-6-15/h7-10,15,17H,2-6,11-13H2,1H3. The van der Waals surface area contributed by atoms with Gasteiger partial charge < -0.3 is 10.1 Å². The van der Waals surface area contributed by atoms with Crippen LogP contribution in [0.25, 0.3) is 0 Å². The van der Waals surface area contributed by atoms with Crippen LogP contribution in [0.2, 0.25) is 0 Å². The van der Waals surface area contributed by atoms with Gasteiger partial charge in [-0.1, -0.05) is 43.5 Å². The van der Waals surface area contributed by atoms with Gasteiger partial charge in [-0.25, -0.2) is 0 Å². The van der Waals surface area contributed by atoms with Crippen molar-refractivity contribution in [1.82, 2.24) is 5.32 Å². The number of hydrogen-bond donors (Lipinski definition) is 1. The number of hydrogen-bond acceptors (Lipinski definition) is 2. The first-order valence-electron chi connectivity index (χ1n) is 7.18. The largest absolute Gasteiger partial charge is 0.383 e. The van der Waals surface area contributed by atoms with E-state index in [1.54, 1.807) is 7.11 Å². The molecule has 2 nitrogen and oxygen atoms in total. The average molecular weight is 247 g/mol. The van der Waals surface area contributed by atoms with Gasteiger partial charge in [0.05, 0.1) is 6.61 Å². The minimum Gasteiger partial charge on any atom is -0.383 e. The van der Waals surface area contributed by atoms with Gasteiger partial charge in [-0.3, -0.25) is 0 Å². The minimum absolute atomic E-state index is 0.778. The van der Waals surface area contributed by atoms with Crippen molar-refractivity contribution in [1.29, 1.82) is 0 Å². The maximum atomic E-state index is 5.02. The summed E-state index contributed by atoms with van der Waals surface area (Å²) in [6.45, 7) is 2.63. The summed E-state index contributed by atoms with van der Waals surface area (Å²) in [5.41, 5.74) is 2.90. The third kappa shape index (κ3) is 4.11. The first-order chi connectivity index (χ1) is 8.90. The summed E-state index contributed by atoms with van der Waals surface area (Å²) < 4.78 is 5.02. The van der Waals surface area contributed by atoms with E-state index in [-0.39, 0.29) is 0 Å². The van der Waals surface area contributed by atoms with E-state index in [4.69, 9.17) is 4.74 Å². The predicted molar refractivity (Wildman–Crippen MR) is 75.9 cm³/mol. The topological polar surface area (TPSA) is 21.3 Å². The number of benzene rings is 1. The molecule has 0 atom stereocenters. The van der Waals surface area contributed by atoms with Gasteiger partial charge >= 0.3 is 0 Å². The average Bonchev–Trinajstić information content (AvgIpc) is 2.45. The van der Waals surface area contributed by atoms with Gasteiger partial charge in [0.15, 0.2) is 0 Å². The van der Waals surface area contributed by atoms with Gasteiger partial charge in [0, 0.05) is 20.2 Å². The van der Waals surface area contributed by atoms with Crippen LogP contribution in [-0.4, -0.2) is 20.3 Å². The summed E-state index contributed by atoms with van der Waals surface area (Å²) in [5.74, 6) is 0.814. The first kappa shape index (κ1) is 13.6. The quantitative estimate of drug-likeness (QED) is 0.777. The Morgan fingerprint density at radius 2 is 1.83 bits per heavy atom.